The lowest BCUT2D eigenvalue weighted by Crippen LogP contribution is -1.99. The molecule has 0 atom stereocenters. The first-order valence-corrected chi connectivity index (χ1v) is 5.18. The van der Waals surface area contributed by atoms with Gasteiger partial charge in [0.2, 0.25) is 0 Å². The topological polar surface area (TPSA) is 29.4 Å². The van der Waals surface area contributed by atoms with Crippen LogP contribution in [0.15, 0.2) is 23.2 Å². The molecule has 0 radical (unpaired) electrons. The van der Waals surface area contributed by atoms with Crippen molar-refractivity contribution in [3.63, 3.8) is 0 Å². The molecule has 0 aromatic heterocycles. The quantitative estimate of drug-likeness (QED) is 0.608. The zero-order chi connectivity index (χ0) is 9.26. The number of carbonyl (C=O) groups is 1. The predicted octanol–water partition coefficient (Wildman–Crippen LogP) is 3.10. The minimum atomic E-state index is 0. The number of Topliss-reactive ketones (excluding diaryl/α,β-unsaturated/α-hetero) is 1. The number of alkyl halides is 1. The van der Waals surface area contributed by atoms with Crippen LogP contribution in [0.5, 0.6) is 0 Å². The van der Waals surface area contributed by atoms with Gasteiger partial charge in [-0.1, -0.05) is 15.9 Å². The van der Waals surface area contributed by atoms with Crippen LogP contribution in [-0.4, -0.2) is 17.3 Å². The van der Waals surface area contributed by atoms with E-state index in [9.17, 15) is 4.79 Å². The molecule has 4 heteroatoms. The Kier molecular flexibility index (Phi) is 4.01. The third-order valence-corrected chi connectivity index (χ3v) is 2.57. The van der Waals surface area contributed by atoms with Gasteiger partial charge in [-0.2, -0.15) is 0 Å². The number of nitrogens with zero attached hydrogens (tertiary/aromatic N) is 1. The average molecular weight is 319 g/mol. The molecule has 1 aromatic carbocycles. The van der Waals surface area contributed by atoms with Crippen molar-refractivity contribution in [2.24, 2.45) is 4.99 Å². The van der Waals surface area contributed by atoms with Crippen molar-refractivity contribution in [2.75, 3.05) is 5.33 Å². The number of aliphatic imine (C=N–C) groups is 1. The smallest absolute Gasteiger partial charge is 0.173 e. The maximum atomic E-state index is 11.3. The van der Waals surface area contributed by atoms with Crippen molar-refractivity contribution in [1.29, 1.82) is 0 Å². The summed E-state index contributed by atoms with van der Waals surface area (Å²) in [4.78, 5) is 15.5. The zero-order valence-electron chi connectivity index (χ0n) is 7.37. The number of rotatable bonds is 2. The normalized spacial score (nSPS) is 12.1. The number of ketones is 1. The molecule has 2 rings (SSSR count). The SMILES string of the molecule is Br.O=C(CBr)c1ccc2c(c1)CC=N2. The molecule has 0 spiro atoms. The van der Waals surface area contributed by atoms with Crippen LogP contribution in [0.2, 0.25) is 0 Å². The molecular formula is C10H9Br2NO. The van der Waals surface area contributed by atoms with Gasteiger partial charge in [0.25, 0.3) is 0 Å². The van der Waals surface area contributed by atoms with E-state index in [0.717, 1.165) is 23.2 Å². The lowest BCUT2D eigenvalue weighted by molar-refractivity contribution is 0.102. The van der Waals surface area contributed by atoms with E-state index < -0.39 is 0 Å². The molecule has 1 aromatic rings. The number of halogens is 2. The molecule has 0 saturated carbocycles. The highest BCUT2D eigenvalue weighted by Crippen LogP contribution is 2.25. The Hall–Kier alpha value is -0.480. The molecule has 0 saturated heterocycles. The fourth-order valence-electron chi connectivity index (χ4n) is 1.37. The fourth-order valence-corrected chi connectivity index (χ4v) is 1.69. The second-order valence-corrected chi connectivity index (χ2v) is 3.48. The average Bonchev–Trinajstić information content (AvgIpc) is 2.63. The predicted molar refractivity (Wildman–Crippen MR) is 66.7 cm³/mol. The Morgan fingerprint density at radius 3 is 3.00 bits per heavy atom. The van der Waals surface area contributed by atoms with E-state index in [1.165, 1.54) is 0 Å². The Morgan fingerprint density at radius 2 is 2.29 bits per heavy atom. The number of hydrogen-bond donors (Lipinski definition) is 0. The van der Waals surface area contributed by atoms with E-state index >= 15 is 0 Å². The number of carbonyl (C=O) groups excluding carboxylic acids is 1. The van der Waals surface area contributed by atoms with Gasteiger partial charge in [0.15, 0.2) is 5.78 Å². The van der Waals surface area contributed by atoms with Crippen molar-refractivity contribution < 1.29 is 4.79 Å². The third kappa shape index (κ3) is 2.12. The summed E-state index contributed by atoms with van der Waals surface area (Å²) < 4.78 is 0. The van der Waals surface area contributed by atoms with Crippen LogP contribution in [0.3, 0.4) is 0 Å². The van der Waals surface area contributed by atoms with E-state index in [0.29, 0.717) is 5.33 Å². The van der Waals surface area contributed by atoms with Crippen molar-refractivity contribution in [1.82, 2.24) is 0 Å². The van der Waals surface area contributed by atoms with Crippen LogP contribution in [0.1, 0.15) is 15.9 Å². The maximum Gasteiger partial charge on any atom is 0.173 e. The van der Waals surface area contributed by atoms with Crippen molar-refractivity contribution in [3.05, 3.63) is 29.3 Å². The van der Waals surface area contributed by atoms with Gasteiger partial charge in [-0.15, -0.1) is 17.0 Å². The molecule has 1 aliphatic heterocycles. The minimum absolute atomic E-state index is 0. The van der Waals surface area contributed by atoms with Gasteiger partial charge >= 0.3 is 0 Å². The van der Waals surface area contributed by atoms with Crippen molar-refractivity contribution >= 4 is 50.6 Å². The van der Waals surface area contributed by atoms with Crippen LogP contribution in [0.4, 0.5) is 5.69 Å². The molecule has 0 N–H and O–H groups in total. The van der Waals surface area contributed by atoms with Crippen molar-refractivity contribution in [2.45, 2.75) is 6.42 Å². The highest BCUT2D eigenvalue weighted by atomic mass is 79.9. The molecular weight excluding hydrogens is 310 g/mol. The lowest BCUT2D eigenvalue weighted by Gasteiger charge is -2.00. The molecule has 1 aliphatic rings. The minimum Gasteiger partial charge on any atom is -0.293 e. The summed E-state index contributed by atoms with van der Waals surface area (Å²) in [7, 11) is 0. The van der Waals surface area contributed by atoms with E-state index in [1.54, 1.807) is 0 Å². The van der Waals surface area contributed by atoms with Gasteiger partial charge in [-0.05, 0) is 23.8 Å². The van der Waals surface area contributed by atoms with E-state index in [2.05, 4.69) is 20.9 Å². The largest absolute Gasteiger partial charge is 0.293 e. The highest BCUT2D eigenvalue weighted by molar-refractivity contribution is 9.09. The first kappa shape index (κ1) is 11.6. The van der Waals surface area contributed by atoms with Gasteiger partial charge in [-0.25, -0.2) is 0 Å². The summed E-state index contributed by atoms with van der Waals surface area (Å²) in [5.74, 6) is 0.120. The number of benzene rings is 1. The summed E-state index contributed by atoms with van der Waals surface area (Å²) in [6, 6.07) is 5.64. The molecule has 1 heterocycles. The van der Waals surface area contributed by atoms with Crippen LogP contribution in [0.25, 0.3) is 0 Å². The zero-order valence-corrected chi connectivity index (χ0v) is 10.7. The number of hydrogen-bond acceptors (Lipinski definition) is 2. The summed E-state index contributed by atoms with van der Waals surface area (Å²) >= 11 is 3.15. The second-order valence-electron chi connectivity index (χ2n) is 2.92. The van der Waals surface area contributed by atoms with Gasteiger partial charge < -0.3 is 0 Å². The molecule has 0 bridgehead atoms. The fraction of sp³-hybridized carbons (Fsp3) is 0.200. The Morgan fingerprint density at radius 1 is 1.50 bits per heavy atom. The van der Waals surface area contributed by atoms with Crippen LogP contribution >= 0.6 is 32.9 Å². The van der Waals surface area contributed by atoms with Crippen LogP contribution in [-0.2, 0) is 6.42 Å². The monoisotopic (exact) mass is 317 g/mol. The first-order valence-electron chi connectivity index (χ1n) is 4.06. The molecule has 2 nitrogen and oxygen atoms in total. The molecule has 0 unspecified atom stereocenters. The van der Waals surface area contributed by atoms with Crippen LogP contribution in [0, 0.1) is 0 Å². The first-order chi connectivity index (χ1) is 6.31. The molecule has 14 heavy (non-hydrogen) atoms. The summed E-state index contributed by atoms with van der Waals surface area (Å²) in [5.41, 5.74) is 2.90. The standard InChI is InChI=1S/C10H8BrNO.BrH/c11-6-10(13)8-1-2-9-7(5-8)3-4-12-9;/h1-2,4-5H,3,6H2;1H. The van der Waals surface area contributed by atoms with Gasteiger partial charge in [0.1, 0.15) is 0 Å². The van der Waals surface area contributed by atoms with E-state index in [-0.39, 0.29) is 22.8 Å². The second kappa shape index (κ2) is 4.84. The van der Waals surface area contributed by atoms with E-state index in [1.807, 2.05) is 24.4 Å². The molecule has 0 aliphatic carbocycles. The van der Waals surface area contributed by atoms with Gasteiger partial charge in [-0.3, -0.25) is 9.79 Å². The summed E-state index contributed by atoms with van der Waals surface area (Å²) in [6.07, 6.45) is 2.71. The number of fused-ring (bicyclic) bond motifs is 1. The van der Waals surface area contributed by atoms with E-state index in [4.69, 9.17) is 0 Å². The Bertz CT molecular complexity index is 388. The molecule has 0 fully saturated rings. The Balaban J connectivity index is 0.000000980. The van der Waals surface area contributed by atoms with Gasteiger partial charge in [0.05, 0.1) is 11.0 Å². The Labute approximate surface area is 101 Å². The molecule has 0 amide bonds. The lowest BCUT2D eigenvalue weighted by atomic mass is 10.1. The van der Waals surface area contributed by atoms with Crippen molar-refractivity contribution in [3.8, 4) is 0 Å². The van der Waals surface area contributed by atoms with Crippen LogP contribution < -0.4 is 0 Å². The third-order valence-electron chi connectivity index (χ3n) is 2.06. The maximum absolute atomic E-state index is 11.3. The van der Waals surface area contributed by atoms with Gasteiger partial charge in [0, 0.05) is 18.2 Å². The summed E-state index contributed by atoms with van der Waals surface area (Å²) in [5, 5.41) is 0.382. The molecule has 74 valence electrons. The highest BCUT2D eigenvalue weighted by Gasteiger charge is 2.10. The summed E-state index contributed by atoms with van der Waals surface area (Å²) in [6.45, 7) is 0.